The normalized spacial score (nSPS) is 9.87. The first-order chi connectivity index (χ1) is 7.40. The van der Waals surface area contributed by atoms with Crippen molar-refractivity contribution >= 4 is 6.29 Å². The summed E-state index contributed by atoms with van der Waals surface area (Å²) in [7, 11) is 0. The molecule has 74 valence electrons. The molecule has 0 aliphatic carbocycles. The molecular formula is C12H10N2O. The Morgan fingerprint density at radius 3 is 2.33 bits per heavy atom. The summed E-state index contributed by atoms with van der Waals surface area (Å²) < 4.78 is 0. The average Bonchev–Trinajstić information content (AvgIpc) is 2.32. The van der Waals surface area contributed by atoms with Crippen LogP contribution < -0.4 is 0 Å². The highest BCUT2D eigenvalue weighted by Gasteiger charge is 1.99. The van der Waals surface area contributed by atoms with E-state index in [1.165, 1.54) is 0 Å². The topological polar surface area (TPSA) is 42.9 Å². The van der Waals surface area contributed by atoms with E-state index in [-0.39, 0.29) is 0 Å². The molecule has 0 aliphatic heterocycles. The first-order valence-corrected chi connectivity index (χ1v) is 4.70. The van der Waals surface area contributed by atoms with Gasteiger partial charge in [-0.1, -0.05) is 30.3 Å². The second kappa shape index (κ2) is 4.46. The van der Waals surface area contributed by atoms with Crippen LogP contribution in [0.15, 0.2) is 42.7 Å². The Bertz CT molecular complexity index is 437. The van der Waals surface area contributed by atoms with Crippen molar-refractivity contribution in [1.29, 1.82) is 0 Å². The summed E-state index contributed by atoms with van der Waals surface area (Å²) in [6, 6.07) is 9.74. The first kappa shape index (κ1) is 9.52. The maximum absolute atomic E-state index is 10.3. The number of aldehydes is 1. The van der Waals surface area contributed by atoms with E-state index in [2.05, 4.69) is 9.97 Å². The van der Waals surface area contributed by atoms with E-state index in [9.17, 15) is 4.79 Å². The van der Waals surface area contributed by atoms with Crippen molar-refractivity contribution in [2.24, 2.45) is 0 Å². The minimum Gasteiger partial charge on any atom is -0.303 e. The van der Waals surface area contributed by atoms with Crippen LogP contribution in [-0.2, 0) is 11.2 Å². The highest BCUT2D eigenvalue weighted by molar-refractivity contribution is 5.56. The highest BCUT2D eigenvalue weighted by Crippen LogP contribution is 2.12. The molecule has 0 saturated carbocycles. The Kier molecular flexibility index (Phi) is 2.83. The van der Waals surface area contributed by atoms with Gasteiger partial charge in [0.05, 0.1) is 0 Å². The van der Waals surface area contributed by atoms with E-state index in [0.29, 0.717) is 12.2 Å². The predicted molar refractivity (Wildman–Crippen MR) is 57.2 cm³/mol. The molecule has 0 bridgehead atoms. The molecule has 1 aromatic carbocycles. The molecule has 0 fully saturated rings. The summed E-state index contributed by atoms with van der Waals surface area (Å²) >= 11 is 0. The summed E-state index contributed by atoms with van der Waals surface area (Å²) in [6.45, 7) is 0. The van der Waals surface area contributed by atoms with Gasteiger partial charge in [0, 0.05) is 24.4 Å². The fourth-order valence-electron chi connectivity index (χ4n) is 1.29. The summed E-state index contributed by atoms with van der Waals surface area (Å²) in [6.07, 6.45) is 4.59. The van der Waals surface area contributed by atoms with Crippen molar-refractivity contribution in [2.75, 3.05) is 0 Å². The third kappa shape index (κ3) is 2.26. The van der Waals surface area contributed by atoms with Crippen LogP contribution in [0.25, 0.3) is 11.4 Å². The van der Waals surface area contributed by atoms with Gasteiger partial charge in [-0.25, -0.2) is 9.97 Å². The minimum atomic E-state index is 0.370. The number of aromatic nitrogens is 2. The van der Waals surface area contributed by atoms with E-state index in [4.69, 9.17) is 0 Å². The predicted octanol–water partition coefficient (Wildman–Crippen LogP) is 1.89. The largest absolute Gasteiger partial charge is 0.303 e. The van der Waals surface area contributed by atoms with E-state index in [1.54, 1.807) is 12.4 Å². The zero-order chi connectivity index (χ0) is 10.5. The fraction of sp³-hybridized carbons (Fsp3) is 0.0833. The Morgan fingerprint density at radius 2 is 1.73 bits per heavy atom. The molecule has 3 nitrogen and oxygen atoms in total. The van der Waals surface area contributed by atoms with Crippen LogP contribution in [0.3, 0.4) is 0 Å². The molecule has 15 heavy (non-hydrogen) atoms. The molecule has 2 rings (SSSR count). The molecule has 0 spiro atoms. The number of nitrogens with zero attached hydrogens (tertiary/aromatic N) is 2. The van der Waals surface area contributed by atoms with Crippen molar-refractivity contribution in [3.8, 4) is 11.4 Å². The lowest BCUT2D eigenvalue weighted by molar-refractivity contribution is -0.107. The third-order valence-electron chi connectivity index (χ3n) is 2.06. The molecule has 0 N–H and O–H groups in total. The smallest absolute Gasteiger partial charge is 0.159 e. The van der Waals surface area contributed by atoms with Crippen molar-refractivity contribution in [1.82, 2.24) is 9.97 Å². The number of rotatable bonds is 3. The molecule has 1 aromatic heterocycles. The minimum absolute atomic E-state index is 0.370. The molecule has 0 unspecified atom stereocenters. The van der Waals surface area contributed by atoms with E-state index < -0.39 is 0 Å². The van der Waals surface area contributed by atoms with E-state index in [1.807, 2.05) is 30.3 Å². The Labute approximate surface area is 87.8 Å². The second-order valence-electron chi connectivity index (χ2n) is 3.15. The summed E-state index contributed by atoms with van der Waals surface area (Å²) in [5, 5.41) is 0. The quantitative estimate of drug-likeness (QED) is 0.707. The van der Waals surface area contributed by atoms with Crippen LogP contribution in [0.2, 0.25) is 0 Å². The second-order valence-corrected chi connectivity index (χ2v) is 3.15. The number of benzene rings is 1. The maximum Gasteiger partial charge on any atom is 0.159 e. The van der Waals surface area contributed by atoms with Crippen molar-refractivity contribution < 1.29 is 4.79 Å². The van der Waals surface area contributed by atoms with Gasteiger partial charge in [-0.15, -0.1) is 0 Å². The van der Waals surface area contributed by atoms with Gasteiger partial charge in [-0.2, -0.15) is 0 Å². The molecule has 3 heteroatoms. The van der Waals surface area contributed by atoms with Crippen LogP contribution >= 0.6 is 0 Å². The zero-order valence-electron chi connectivity index (χ0n) is 8.13. The lowest BCUT2D eigenvalue weighted by Gasteiger charge is -1.99. The molecule has 2 aromatic rings. The Hall–Kier alpha value is -2.03. The molecule has 0 amide bonds. The lowest BCUT2D eigenvalue weighted by Crippen LogP contribution is -1.92. The maximum atomic E-state index is 10.3. The number of hydrogen-bond donors (Lipinski definition) is 0. The molecule has 0 atom stereocenters. The van der Waals surface area contributed by atoms with E-state index in [0.717, 1.165) is 17.4 Å². The standard InChI is InChI=1S/C12H10N2O/c15-7-6-10-8-13-12(14-9-10)11-4-2-1-3-5-11/h1-5,7-9H,6H2. The molecule has 0 aliphatic rings. The van der Waals surface area contributed by atoms with Crippen molar-refractivity contribution in [3.05, 3.63) is 48.3 Å². The van der Waals surface area contributed by atoms with Gasteiger partial charge in [-0.05, 0) is 5.56 Å². The number of carbonyl (C=O) groups is 1. The van der Waals surface area contributed by atoms with Gasteiger partial charge < -0.3 is 4.79 Å². The molecule has 1 heterocycles. The zero-order valence-corrected chi connectivity index (χ0v) is 8.13. The lowest BCUT2D eigenvalue weighted by atomic mass is 10.2. The first-order valence-electron chi connectivity index (χ1n) is 4.70. The van der Waals surface area contributed by atoms with Crippen molar-refractivity contribution in [2.45, 2.75) is 6.42 Å². The van der Waals surface area contributed by atoms with Crippen LogP contribution in [-0.4, -0.2) is 16.3 Å². The monoisotopic (exact) mass is 198 g/mol. The molecule has 0 saturated heterocycles. The summed E-state index contributed by atoms with van der Waals surface area (Å²) in [5.41, 5.74) is 1.82. The van der Waals surface area contributed by atoms with Gasteiger partial charge in [0.1, 0.15) is 6.29 Å². The van der Waals surface area contributed by atoms with Crippen LogP contribution in [0.4, 0.5) is 0 Å². The van der Waals surface area contributed by atoms with Crippen LogP contribution in [0.5, 0.6) is 0 Å². The van der Waals surface area contributed by atoms with Gasteiger partial charge in [0.2, 0.25) is 0 Å². The Morgan fingerprint density at radius 1 is 1.07 bits per heavy atom. The SMILES string of the molecule is O=CCc1cnc(-c2ccccc2)nc1. The Balaban J connectivity index is 2.28. The summed E-state index contributed by atoms with van der Waals surface area (Å²) in [5.74, 6) is 0.685. The average molecular weight is 198 g/mol. The van der Waals surface area contributed by atoms with E-state index >= 15 is 0 Å². The fourth-order valence-corrected chi connectivity index (χ4v) is 1.29. The van der Waals surface area contributed by atoms with Crippen LogP contribution in [0.1, 0.15) is 5.56 Å². The van der Waals surface area contributed by atoms with Crippen molar-refractivity contribution in [3.63, 3.8) is 0 Å². The third-order valence-corrected chi connectivity index (χ3v) is 2.06. The number of hydrogen-bond acceptors (Lipinski definition) is 3. The van der Waals surface area contributed by atoms with Gasteiger partial charge in [0.15, 0.2) is 5.82 Å². The number of carbonyl (C=O) groups excluding carboxylic acids is 1. The van der Waals surface area contributed by atoms with Gasteiger partial charge >= 0.3 is 0 Å². The van der Waals surface area contributed by atoms with Gasteiger partial charge in [0.25, 0.3) is 0 Å². The highest BCUT2D eigenvalue weighted by atomic mass is 16.1. The van der Waals surface area contributed by atoms with Gasteiger partial charge in [-0.3, -0.25) is 0 Å². The molecular weight excluding hydrogens is 188 g/mol. The molecule has 0 radical (unpaired) electrons. The summed E-state index contributed by atoms with van der Waals surface area (Å²) in [4.78, 5) is 18.7. The van der Waals surface area contributed by atoms with Crippen LogP contribution in [0, 0.1) is 0 Å².